The van der Waals surface area contributed by atoms with Crippen molar-refractivity contribution in [3.8, 4) is 0 Å². The largest absolute Gasteiger partial charge is 0.324 e. The average molecular weight is 315 g/mol. The van der Waals surface area contributed by atoms with Crippen molar-refractivity contribution in [2.75, 3.05) is 31.5 Å². The third kappa shape index (κ3) is 3.75. The molecule has 2 heterocycles. The molecule has 1 amide bonds. The monoisotopic (exact) mass is 315 g/mol. The topological polar surface area (TPSA) is 35.6 Å². The quantitative estimate of drug-likeness (QED) is 0.928. The van der Waals surface area contributed by atoms with Crippen LogP contribution in [0.3, 0.4) is 0 Å². The molecule has 0 saturated carbocycles. The van der Waals surface area contributed by atoms with Gasteiger partial charge in [-0.1, -0.05) is 17.7 Å². The Morgan fingerprint density at radius 3 is 2.65 bits per heavy atom. The Morgan fingerprint density at radius 2 is 1.96 bits per heavy atom. The molecule has 1 N–H and O–H groups in total. The molecule has 2 aliphatic heterocycles. The van der Waals surface area contributed by atoms with Crippen LogP contribution in [0.2, 0.25) is 0 Å². The molecule has 0 spiro atoms. The Balaban J connectivity index is 1.57. The van der Waals surface area contributed by atoms with Crippen molar-refractivity contribution in [1.29, 1.82) is 0 Å². The van der Waals surface area contributed by atoms with Crippen LogP contribution in [0.25, 0.3) is 0 Å². The van der Waals surface area contributed by atoms with Crippen LogP contribution in [0.1, 0.15) is 37.3 Å². The summed E-state index contributed by atoms with van der Waals surface area (Å²) >= 11 is 0. The average Bonchev–Trinajstić information content (AvgIpc) is 3.19. The highest BCUT2D eigenvalue weighted by Gasteiger charge is 2.33. The zero-order valence-corrected chi connectivity index (χ0v) is 14.6. The number of nitrogens with zero attached hydrogens (tertiary/aromatic N) is 2. The maximum Gasteiger partial charge on any atom is 0.241 e. The van der Waals surface area contributed by atoms with Gasteiger partial charge in [0.25, 0.3) is 0 Å². The molecule has 2 aliphatic rings. The number of anilines is 1. The van der Waals surface area contributed by atoms with Crippen molar-refractivity contribution in [2.24, 2.45) is 0 Å². The highest BCUT2D eigenvalue weighted by Crippen LogP contribution is 2.23. The number of benzene rings is 1. The van der Waals surface area contributed by atoms with E-state index in [1.807, 2.05) is 26.0 Å². The Labute approximate surface area is 139 Å². The molecule has 3 rings (SSSR count). The first-order valence-corrected chi connectivity index (χ1v) is 8.91. The van der Waals surface area contributed by atoms with Crippen LogP contribution in [-0.2, 0) is 4.79 Å². The van der Waals surface area contributed by atoms with Gasteiger partial charge in [-0.05, 0) is 64.8 Å². The number of carbonyl (C=O) groups excluding carboxylic acids is 1. The number of aryl methyl sites for hydroxylation is 2. The van der Waals surface area contributed by atoms with Gasteiger partial charge in [-0.25, -0.2) is 0 Å². The first kappa shape index (κ1) is 16.5. The number of amides is 1. The molecule has 23 heavy (non-hydrogen) atoms. The fourth-order valence-corrected chi connectivity index (χ4v) is 3.88. The van der Waals surface area contributed by atoms with Crippen molar-refractivity contribution in [3.05, 3.63) is 29.3 Å². The molecule has 2 saturated heterocycles. The molecule has 0 bridgehead atoms. The van der Waals surface area contributed by atoms with Crippen LogP contribution in [0.5, 0.6) is 0 Å². The number of likely N-dealkylation sites (tertiary alicyclic amines) is 2. The molecular formula is C19H29N3O. The lowest BCUT2D eigenvalue weighted by atomic mass is 10.1. The lowest BCUT2D eigenvalue weighted by Crippen LogP contribution is -2.43. The van der Waals surface area contributed by atoms with Crippen LogP contribution >= 0.6 is 0 Å². The van der Waals surface area contributed by atoms with Crippen molar-refractivity contribution in [1.82, 2.24) is 9.80 Å². The summed E-state index contributed by atoms with van der Waals surface area (Å²) in [5.41, 5.74) is 3.28. The molecule has 0 unspecified atom stereocenters. The second kappa shape index (κ2) is 7.02. The molecule has 1 aromatic rings. The molecule has 2 fully saturated rings. The number of carbonyl (C=O) groups is 1. The molecule has 4 nitrogen and oxygen atoms in total. The van der Waals surface area contributed by atoms with Crippen LogP contribution in [0, 0.1) is 13.8 Å². The number of nitrogens with one attached hydrogen (secondary N) is 1. The van der Waals surface area contributed by atoms with Gasteiger partial charge in [0.05, 0.1) is 6.04 Å². The van der Waals surface area contributed by atoms with Crippen molar-refractivity contribution in [3.63, 3.8) is 0 Å². The zero-order chi connectivity index (χ0) is 16.4. The van der Waals surface area contributed by atoms with Gasteiger partial charge >= 0.3 is 0 Å². The molecule has 1 aromatic carbocycles. The van der Waals surface area contributed by atoms with E-state index in [0.29, 0.717) is 6.04 Å². The SMILES string of the molecule is Cc1ccc(NC(=O)[C@@H](C)N2CC[C@H](N3CCCC3)C2)c(C)c1. The van der Waals surface area contributed by atoms with E-state index in [4.69, 9.17) is 0 Å². The Bertz CT molecular complexity index is 566. The molecule has 0 aromatic heterocycles. The van der Waals surface area contributed by atoms with Gasteiger partial charge in [0.2, 0.25) is 5.91 Å². The van der Waals surface area contributed by atoms with E-state index in [9.17, 15) is 4.79 Å². The normalized spacial score (nSPS) is 24.0. The maximum atomic E-state index is 12.6. The predicted octanol–water partition coefficient (Wildman–Crippen LogP) is 2.80. The lowest BCUT2D eigenvalue weighted by Gasteiger charge is -2.26. The highest BCUT2D eigenvalue weighted by atomic mass is 16.2. The van der Waals surface area contributed by atoms with Crippen LogP contribution in [0.15, 0.2) is 18.2 Å². The summed E-state index contributed by atoms with van der Waals surface area (Å²) in [6.07, 6.45) is 3.86. The van der Waals surface area contributed by atoms with Crippen molar-refractivity contribution in [2.45, 2.75) is 52.1 Å². The van der Waals surface area contributed by atoms with Gasteiger partial charge < -0.3 is 5.32 Å². The number of hydrogen-bond acceptors (Lipinski definition) is 3. The van der Waals surface area contributed by atoms with E-state index >= 15 is 0 Å². The lowest BCUT2D eigenvalue weighted by molar-refractivity contribution is -0.120. The standard InChI is InChI=1S/C19H29N3O/c1-14-6-7-18(15(2)12-14)20-19(23)16(3)22-11-8-17(13-22)21-9-4-5-10-21/h6-7,12,16-17H,4-5,8-11,13H2,1-3H3,(H,20,23)/t16-,17+/m1/s1. The van der Waals surface area contributed by atoms with Gasteiger partial charge in [0.1, 0.15) is 0 Å². The second-order valence-corrected chi connectivity index (χ2v) is 7.16. The summed E-state index contributed by atoms with van der Waals surface area (Å²) in [7, 11) is 0. The van der Waals surface area contributed by atoms with Gasteiger partial charge in [0.15, 0.2) is 0 Å². The van der Waals surface area contributed by atoms with Crippen molar-refractivity contribution < 1.29 is 4.79 Å². The third-order valence-electron chi connectivity index (χ3n) is 5.42. The van der Waals surface area contributed by atoms with Crippen LogP contribution in [0.4, 0.5) is 5.69 Å². The van der Waals surface area contributed by atoms with Gasteiger partial charge in [-0.3, -0.25) is 14.6 Å². The van der Waals surface area contributed by atoms with E-state index in [1.54, 1.807) is 0 Å². The van der Waals surface area contributed by atoms with E-state index in [0.717, 1.165) is 24.3 Å². The highest BCUT2D eigenvalue weighted by molar-refractivity contribution is 5.95. The Kier molecular flexibility index (Phi) is 5.02. The third-order valence-corrected chi connectivity index (χ3v) is 5.42. The summed E-state index contributed by atoms with van der Waals surface area (Å²) in [6.45, 7) is 10.7. The minimum Gasteiger partial charge on any atom is -0.324 e. The van der Waals surface area contributed by atoms with Gasteiger partial charge in [-0.2, -0.15) is 0 Å². The molecule has 0 radical (unpaired) electrons. The summed E-state index contributed by atoms with van der Waals surface area (Å²) in [5, 5.41) is 3.10. The molecule has 126 valence electrons. The van der Waals surface area contributed by atoms with Gasteiger partial charge in [-0.15, -0.1) is 0 Å². The Hall–Kier alpha value is -1.39. The molecular weight excluding hydrogens is 286 g/mol. The van der Waals surface area contributed by atoms with Crippen LogP contribution in [-0.4, -0.2) is 54.0 Å². The summed E-state index contributed by atoms with van der Waals surface area (Å²) in [5.74, 6) is 0.110. The maximum absolute atomic E-state index is 12.6. The molecule has 2 atom stereocenters. The molecule has 4 heteroatoms. The fourth-order valence-electron chi connectivity index (χ4n) is 3.88. The number of hydrogen-bond donors (Lipinski definition) is 1. The van der Waals surface area contributed by atoms with Gasteiger partial charge in [0, 0.05) is 24.8 Å². The second-order valence-electron chi connectivity index (χ2n) is 7.16. The minimum atomic E-state index is -0.0664. The number of rotatable bonds is 4. The minimum absolute atomic E-state index is 0.0664. The summed E-state index contributed by atoms with van der Waals surface area (Å²) < 4.78 is 0. The van der Waals surface area contributed by atoms with E-state index in [-0.39, 0.29) is 11.9 Å². The molecule has 0 aliphatic carbocycles. The zero-order valence-electron chi connectivity index (χ0n) is 14.6. The smallest absolute Gasteiger partial charge is 0.241 e. The summed E-state index contributed by atoms with van der Waals surface area (Å²) in [4.78, 5) is 17.5. The van der Waals surface area contributed by atoms with E-state index < -0.39 is 0 Å². The predicted molar refractivity (Wildman–Crippen MR) is 94.8 cm³/mol. The van der Waals surface area contributed by atoms with E-state index in [2.05, 4.69) is 28.1 Å². The van der Waals surface area contributed by atoms with E-state index in [1.165, 1.54) is 37.9 Å². The van der Waals surface area contributed by atoms with Crippen LogP contribution < -0.4 is 5.32 Å². The fraction of sp³-hybridized carbons (Fsp3) is 0.632. The Morgan fingerprint density at radius 1 is 1.22 bits per heavy atom. The first-order chi connectivity index (χ1) is 11.0. The van der Waals surface area contributed by atoms with Crippen molar-refractivity contribution >= 4 is 11.6 Å². The first-order valence-electron chi connectivity index (χ1n) is 8.91. The summed E-state index contributed by atoms with van der Waals surface area (Å²) in [6, 6.07) is 6.75.